The van der Waals surface area contributed by atoms with E-state index in [2.05, 4.69) is 10.6 Å². The third kappa shape index (κ3) is 5.69. The number of aryl methyl sites for hydroxylation is 1. The topological polar surface area (TPSA) is 84.3 Å². The highest BCUT2D eigenvalue weighted by molar-refractivity contribution is 5.85. The molecule has 0 unspecified atom stereocenters. The molecule has 1 saturated heterocycles. The van der Waals surface area contributed by atoms with Crippen LogP contribution in [0.25, 0.3) is 0 Å². The van der Waals surface area contributed by atoms with E-state index in [-0.39, 0.29) is 30.0 Å². The van der Waals surface area contributed by atoms with Crippen molar-refractivity contribution in [3.8, 4) is 0 Å². The minimum Gasteiger partial charge on any atom is -0.353 e. The smallest absolute Gasteiger partial charge is 0.269 e. The van der Waals surface area contributed by atoms with Gasteiger partial charge in [0.05, 0.1) is 4.92 Å². The lowest BCUT2D eigenvalue weighted by Gasteiger charge is -2.23. The molecule has 0 bridgehead atoms. The fraction of sp³-hybridized carbons (Fsp3) is 0.500. The van der Waals surface area contributed by atoms with Gasteiger partial charge < -0.3 is 10.6 Å². The molecule has 0 atom stereocenters. The number of amides is 1. The van der Waals surface area contributed by atoms with Gasteiger partial charge in [-0.1, -0.05) is 12.1 Å². The lowest BCUT2D eigenvalue weighted by molar-refractivity contribution is -0.384. The van der Waals surface area contributed by atoms with Crippen molar-refractivity contribution in [1.82, 2.24) is 10.6 Å². The normalized spacial score (nSPS) is 15.0. The minimum atomic E-state index is -0.418. The summed E-state index contributed by atoms with van der Waals surface area (Å²) in [4.78, 5) is 22.1. The van der Waals surface area contributed by atoms with E-state index >= 15 is 0 Å². The predicted octanol–water partition coefficient (Wildman–Crippen LogP) is 1.82. The van der Waals surface area contributed by atoms with Gasteiger partial charge in [0.15, 0.2) is 0 Å². The van der Waals surface area contributed by atoms with Gasteiger partial charge in [-0.2, -0.15) is 0 Å². The molecule has 116 valence electrons. The number of hydrogen-bond acceptors (Lipinski definition) is 4. The highest BCUT2D eigenvalue weighted by Gasteiger charge is 2.15. The zero-order chi connectivity index (χ0) is 14.4. The second-order valence-corrected chi connectivity index (χ2v) is 5.02. The summed E-state index contributed by atoms with van der Waals surface area (Å²) in [5.41, 5.74) is 0.890. The summed E-state index contributed by atoms with van der Waals surface area (Å²) >= 11 is 0. The summed E-state index contributed by atoms with van der Waals surface area (Å²) in [6, 6.07) is 6.70. The Labute approximate surface area is 129 Å². The Morgan fingerprint density at radius 2 is 2.10 bits per heavy atom. The molecule has 2 N–H and O–H groups in total. The number of piperidine rings is 1. The number of halogens is 1. The number of carbonyl (C=O) groups is 1. The number of nitrogens with one attached hydrogen (secondary N) is 2. The van der Waals surface area contributed by atoms with Crippen molar-refractivity contribution in [2.24, 2.45) is 0 Å². The quantitative estimate of drug-likeness (QED) is 0.641. The SMILES string of the molecule is Cl.O=C(CCc1cccc([N+](=O)[O-])c1)NC1CCNCC1. The Morgan fingerprint density at radius 3 is 2.76 bits per heavy atom. The Kier molecular flexibility index (Phi) is 7.11. The fourth-order valence-electron chi connectivity index (χ4n) is 2.35. The van der Waals surface area contributed by atoms with E-state index in [1.807, 2.05) is 6.07 Å². The van der Waals surface area contributed by atoms with Crippen LogP contribution in [0.4, 0.5) is 5.69 Å². The second kappa shape index (κ2) is 8.59. The van der Waals surface area contributed by atoms with Crippen molar-refractivity contribution in [2.45, 2.75) is 31.7 Å². The van der Waals surface area contributed by atoms with Crippen LogP contribution in [-0.4, -0.2) is 30.0 Å². The Hall–Kier alpha value is -1.66. The Morgan fingerprint density at radius 1 is 1.38 bits per heavy atom. The van der Waals surface area contributed by atoms with E-state index < -0.39 is 4.92 Å². The molecule has 0 saturated carbocycles. The van der Waals surface area contributed by atoms with Crippen molar-refractivity contribution in [3.05, 3.63) is 39.9 Å². The number of carbonyl (C=O) groups excluding carboxylic acids is 1. The van der Waals surface area contributed by atoms with Gasteiger partial charge in [0.1, 0.15) is 0 Å². The molecule has 1 fully saturated rings. The van der Waals surface area contributed by atoms with Gasteiger partial charge in [-0.15, -0.1) is 12.4 Å². The van der Waals surface area contributed by atoms with Crippen molar-refractivity contribution in [2.75, 3.05) is 13.1 Å². The van der Waals surface area contributed by atoms with Crippen LogP contribution in [0, 0.1) is 10.1 Å². The number of benzene rings is 1. The Bertz CT molecular complexity index is 490. The van der Waals surface area contributed by atoms with Gasteiger partial charge in [0.2, 0.25) is 5.91 Å². The molecular weight excluding hydrogens is 294 g/mol. The monoisotopic (exact) mass is 313 g/mol. The average molecular weight is 314 g/mol. The summed E-state index contributed by atoms with van der Waals surface area (Å²) < 4.78 is 0. The Balaban J connectivity index is 0.00000220. The molecule has 1 aromatic rings. The van der Waals surface area contributed by atoms with Crippen molar-refractivity contribution in [3.63, 3.8) is 0 Å². The predicted molar refractivity (Wildman–Crippen MR) is 82.7 cm³/mol. The fourth-order valence-corrected chi connectivity index (χ4v) is 2.35. The molecule has 1 heterocycles. The van der Waals surface area contributed by atoms with E-state index in [1.54, 1.807) is 6.07 Å². The molecular formula is C14H20ClN3O3. The molecule has 0 aliphatic carbocycles. The minimum absolute atomic E-state index is 0. The van der Waals surface area contributed by atoms with Gasteiger partial charge in [0, 0.05) is 24.6 Å². The zero-order valence-electron chi connectivity index (χ0n) is 11.7. The molecule has 7 heteroatoms. The van der Waals surface area contributed by atoms with Crippen LogP contribution in [0.3, 0.4) is 0 Å². The molecule has 0 radical (unpaired) electrons. The van der Waals surface area contributed by atoms with Gasteiger partial charge in [0.25, 0.3) is 5.69 Å². The number of nitrogens with zero attached hydrogens (tertiary/aromatic N) is 1. The third-order valence-electron chi connectivity index (χ3n) is 3.47. The maximum atomic E-state index is 11.8. The largest absolute Gasteiger partial charge is 0.353 e. The highest BCUT2D eigenvalue weighted by atomic mass is 35.5. The van der Waals surface area contributed by atoms with Crippen LogP contribution in [0.5, 0.6) is 0 Å². The van der Waals surface area contributed by atoms with Crippen LogP contribution < -0.4 is 10.6 Å². The number of nitro groups is 1. The summed E-state index contributed by atoms with van der Waals surface area (Å²) in [7, 11) is 0. The van der Waals surface area contributed by atoms with E-state index in [0.29, 0.717) is 12.8 Å². The first kappa shape index (κ1) is 17.4. The standard InChI is InChI=1S/C14H19N3O3.ClH/c18-14(16-12-6-8-15-9-7-12)5-4-11-2-1-3-13(10-11)17(19)20;/h1-3,10,12,15H,4-9H2,(H,16,18);1H. The molecule has 0 aromatic heterocycles. The zero-order valence-corrected chi connectivity index (χ0v) is 12.5. The lowest BCUT2D eigenvalue weighted by Crippen LogP contribution is -2.42. The third-order valence-corrected chi connectivity index (χ3v) is 3.47. The molecule has 21 heavy (non-hydrogen) atoms. The van der Waals surface area contributed by atoms with Gasteiger partial charge in [-0.05, 0) is 37.9 Å². The van der Waals surface area contributed by atoms with Crippen molar-refractivity contribution in [1.29, 1.82) is 0 Å². The molecule has 6 nitrogen and oxygen atoms in total. The van der Waals surface area contributed by atoms with Crippen molar-refractivity contribution < 1.29 is 9.72 Å². The van der Waals surface area contributed by atoms with Gasteiger partial charge in [-0.25, -0.2) is 0 Å². The first-order chi connectivity index (χ1) is 9.65. The van der Waals surface area contributed by atoms with Gasteiger partial charge in [-0.3, -0.25) is 14.9 Å². The summed E-state index contributed by atoms with van der Waals surface area (Å²) in [5.74, 6) is 0.0170. The molecule has 2 rings (SSSR count). The first-order valence-electron chi connectivity index (χ1n) is 6.88. The summed E-state index contributed by atoms with van der Waals surface area (Å²) in [6.45, 7) is 1.88. The lowest BCUT2D eigenvalue weighted by atomic mass is 10.1. The van der Waals surface area contributed by atoms with Gasteiger partial charge >= 0.3 is 0 Å². The van der Waals surface area contributed by atoms with Crippen molar-refractivity contribution >= 4 is 24.0 Å². The maximum Gasteiger partial charge on any atom is 0.269 e. The van der Waals surface area contributed by atoms with Crippen LogP contribution >= 0.6 is 12.4 Å². The van der Waals surface area contributed by atoms with E-state index in [4.69, 9.17) is 0 Å². The molecule has 1 aliphatic heterocycles. The van der Waals surface area contributed by atoms with Crippen LogP contribution in [0.1, 0.15) is 24.8 Å². The summed E-state index contributed by atoms with van der Waals surface area (Å²) in [5, 5.41) is 16.9. The average Bonchev–Trinajstić information content (AvgIpc) is 2.46. The summed E-state index contributed by atoms with van der Waals surface area (Å²) in [6.07, 6.45) is 2.81. The van der Waals surface area contributed by atoms with Crippen LogP contribution in [0.2, 0.25) is 0 Å². The van der Waals surface area contributed by atoms with E-state index in [9.17, 15) is 14.9 Å². The maximum absolute atomic E-state index is 11.8. The first-order valence-corrected chi connectivity index (χ1v) is 6.88. The van der Waals surface area contributed by atoms with E-state index in [0.717, 1.165) is 31.5 Å². The van der Waals surface area contributed by atoms with Crippen LogP contribution in [-0.2, 0) is 11.2 Å². The van der Waals surface area contributed by atoms with Crippen LogP contribution in [0.15, 0.2) is 24.3 Å². The highest BCUT2D eigenvalue weighted by Crippen LogP contribution is 2.14. The molecule has 1 aliphatic rings. The molecule has 1 aromatic carbocycles. The number of rotatable bonds is 5. The van der Waals surface area contributed by atoms with E-state index in [1.165, 1.54) is 12.1 Å². The number of non-ortho nitro benzene ring substituents is 1. The number of hydrogen-bond donors (Lipinski definition) is 2. The second-order valence-electron chi connectivity index (χ2n) is 5.02. The molecule has 0 spiro atoms. The molecule has 1 amide bonds. The number of nitro benzene ring substituents is 1.